The summed E-state index contributed by atoms with van der Waals surface area (Å²) in [6.45, 7) is 19.7. The normalized spacial score (nSPS) is 13.5. The highest BCUT2D eigenvalue weighted by Gasteiger charge is 2.36. The smallest absolute Gasteiger partial charge is 0.308 e. The van der Waals surface area contributed by atoms with E-state index in [2.05, 4.69) is 31.0 Å². The Labute approximate surface area is 460 Å². The van der Waals surface area contributed by atoms with Crippen LogP contribution in [0, 0.1) is 5.92 Å². The second-order valence-electron chi connectivity index (χ2n) is 20.2. The summed E-state index contributed by atoms with van der Waals surface area (Å²) in [5.41, 5.74) is 10.9. The minimum Gasteiger partial charge on any atom is -0.460 e. The number of nitrogens with two attached hydrogens (primary N) is 1. The van der Waals surface area contributed by atoms with Crippen LogP contribution in [-0.2, 0) is 79.8 Å². The maximum Gasteiger partial charge on any atom is 0.308 e. The number of pyridine rings is 1. The first-order chi connectivity index (χ1) is 37.3. The van der Waals surface area contributed by atoms with Gasteiger partial charge in [-0.1, -0.05) is 44.4 Å². The van der Waals surface area contributed by atoms with Gasteiger partial charge in [0.2, 0.25) is 10.0 Å². The standard InChI is InChI=1S/C57H94N4O15S/c1-6-7-9-14-50-42-53-49(40-51(43-54(53)59-56(50)58)48-15-12-16-52(41-48)77(64,65)61-44-47(45-61)46-62)13-10-8-11-18-60(5)19-21-67-23-25-69-27-29-71-31-33-73-35-37-75-39-38-74-36-34-72-32-30-70-28-26-68-24-22-66-20-17-55(63)76-57(2,3)4/h12,15-16,40-43,47,62H,6-11,13-14,17-39,44-46H2,1-5H3,(H2,58,59). The summed E-state index contributed by atoms with van der Waals surface area (Å²) >= 11 is 0. The largest absolute Gasteiger partial charge is 0.460 e. The fraction of sp³-hybridized carbons (Fsp3) is 0.719. The number of carbonyl (C=O) groups is 1. The lowest BCUT2D eigenvalue weighted by Crippen LogP contribution is -2.51. The molecule has 0 atom stereocenters. The number of aromatic nitrogens is 1. The Hall–Kier alpha value is -3.45. The highest BCUT2D eigenvalue weighted by molar-refractivity contribution is 7.89. The molecule has 0 saturated carbocycles. The van der Waals surface area contributed by atoms with E-state index in [0.29, 0.717) is 151 Å². The third kappa shape index (κ3) is 28.0. The molecule has 3 N–H and O–H groups in total. The van der Waals surface area contributed by atoms with Crippen LogP contribution in [0.3, 0.4) is 0 Å². The number of nitrogen functional groups attached to an aromatic ring is 1. The number of unbranched alkanes of at least 4 members (excludes halogenated alkanes) is 4. The molecule has 2 aromatic carbocycles. The van der Waals surface area contributed by atoms with Gasteiger partial charge in [0, 0.05) is 37.5 Å². The third-order valence-electron chi connectivity index (χ3n) is 12.5. The molecular formula is C57H94N4O15S. The van der Waals surface area contributed by atoms with Gasteiger partial charge in [0.15, 0.2) is 0 Å². The third-order valence-corrected chi connectivity index (χ3v) is 14.3. The van der Waals surface area contributed by atoms with Crippen LogP contribution in [-0.4, -0.2) is 211 Å². The van der Waals surface area contributed by atoms with E-state index in [4.69, 9.17) is 62.8 Å². The lowest BCUT2D eigenvalue weighted by atomic mass is 9.94. The fourth-order valence-corrected chi connectivity index (χ4v) is 9.84. The first-order valence-electron chi connectivity index (χ1n) is 27.9. The molecule has 4 rings (SSSR count). The molecule has 0 aliphatic carbocycles. The van der Waals surface area contributed by atoms with Gasteiger partial charge in [-0.2, -0.15) is 4.31 Å². The summed E-state index contributed by atoms with van der Waals surface area (Å²) in [7, 11) is -1.53. The number of anilines is 1. The van der Waals surface area contributed by atoms with Gasteiger partial charge in [-0.3, -0.25) is 4.79 Å². The van der Waals surface area contributed by atoms with Gasteiger partial charge < -0.3 is 67.8 Å². The van der Waals surface area contributed by atoms with Crippen molar-refractivity contribution in [2.24, 2.45) is 5.92 Å². The summed E-state index contributed by atoms with van der Waals surface area (Å²) in [4.78, 5) is 19.1. The van der Waals surface area contributed by atoms with Gasteiger partial charge in [0.1, 0.15) is 11.4 Å². The molecule has 1 fully saturated rings. The molecule has 20 heteroatoms. The molecule has 19 nitrogen and oxygen atoms in total. The molecule has 0 radical (unpaired) electrons. The van der Waals surface area contributed by atoms with Gasteiger partial charge in [0.25, 0.3) is 0 Å². The molecule has 1 saturated heterocycles. The number of aliphatic hydroxyl groups is 1. The molecule has 1 aliphatic rings. The molecule has 1 aliphatic heterocycles. The highest BCUT2D eigenvalue weighted by atomic mass is 32.2. The predicted molar refractivity (Wildman–Crippen MR) is 298 cm³/mol. The number of hydrogen-bond donors (Lipinski definition) is 2. The average molecular weight is 1110 g/mol. The van der Waals surface area contributed by atoms with Crippen LogP contribution in [0.4, 0.5) is 5.82 Å². The van der Waals surface area contributed by atoms with Crippen LogP contribution < -0.4 is 5.73 Å². The number of fused-ring (bicyclic) bond motifs is 1. The predicted octanol–water partition coefficient (Wildman–Crippen LogP) is 6.37. The zero-order chi connectivity index (χ0) is 55.4. The van der Waals surface area contributed by atoms with Crippen molar-refractivity contribution in [3.8, 4) is 11.1 Å². The van der Waals surface area contributed by atoms with Crippen molar-refractivity contribution in [1.29, 1.82) is 0 Å². The van der Waals surface area contributed by atoms with E-state index in [1.54, 1.807) is 18.2 Å². The van der Waals surface area contributed by atoms with E-state index >= 15 is 0 Å². The number of aliphatic hydroxyl groups excluding tert-OH is 1. The van der Waals surface area contributed by atoms with E-state index in [1.807, 2.05) is 32.9 Å². The van der Waals surface area contributed by atoms with Crippen molar-refractivity contribution in [2.45, 2.75) is 96.0 Å². The van der Waals surface area contributed by atoms with Crippen molar-refractivity contribution in [1.82, 2.24) is 14.2 Å². The Morgan fingerprint density at radius 3 is 1.64 bits per heavy atom. The zero-order valence-electron chi connectivity index (χ0n) is 47.2. The number of esters is 1. The molecule has 3 aromatic rings. The Morgan fingerprint density at radius 1 is 0.636 bits per heavy atom. The van der Waals surface area contributed by atoms with E-state index in [1.165, 1.54) is 9.87 Å². The molecule has 2 heterocycles. The lowest BCUT2D eigenvalue weighted by molar-refractivity contribution is -0.156. The first kappa shape index (κ1) is 66.1. The second-order valence-corrected chi connectivity index (χ2v) is 22.1. The molecule has 1 aromatic heterocycles. The van der Waals surface area contributed by atoms with Crippen LogP contribution in [0.15, 0.2) is 47.4 Å². The Bertz CT molecular complexity index is 2160. The van der Waals surface area contributed by atoms with E-state index in [9.17, 15) is 18.3 Å². The monoisotopic (exact) mass is 1110 g/mol. The Balaban J connectivity index is 0.935. The number of carbonyl (C=O) groups excluding carboxylic acids is 1. The van der Waals surface area contributed by atoms with Crippen LogP contribution in [0.2, 0.25) is 0 Å². The Kier molecular flexibility index (Phi) is 33.5. The van der Waals surface area contributed by atoms with Crippen LogP contribution in [0.5, 0.6) is 0 Å². The first-order valence-corrected chi connectivity index (χ1v) is 29.4. The zero-order valence-corrected chi connectivity index (χ0v) is 48.0. The van der Waals surface area contributed by atoms with E-state index in [-0.39, 0.29) is 29.8 Å². The molecule has 77 heavy (non-hydrogen) atoms. The maximum absolute atomic E-state index is 13.4. The van der Waals surface area contributed by atoms with Gasteiger partial charge >= 0.3 is 5.97 Å². The van der Waals surface area contributed by atoms with Gasteiger partial charge in [0.05, 0.1) is 149 Å². The molecular weight excluding hydrogens is 1010 g/mol. The highest BCUT2D eigenvalue weighted by Crippen LogP contribution is 2.33. The lowest BCUT2D eigenvalue weighted by Gasteiger charge is -2.36. The van der Waals surface area contributed by atoms with E-state index < -0.39 is 15.6 Å². The maximum atomic E-state index is 13.4. The molecule has 0 spiro atoms. The van der Waals surface area contributed by atoms with Crippen molar-refractivity contribution in [2.75, 3.05) is 178 Å². The number of likely N-dealkylation sites (N-methyl/N-ethyl adjacent to an activating group) is 1. The minimum atomic E-state index is -3.66. The fourth-order valence-electron chi connectivity index (χ4n) is 8.20. The quantitative estimate of drug-likeness (QED) is 0.0464. The summed E-state index contributed by atoms with van der Waals surface area (Å²) in [5, 5.41) is 10.6. The second kappa shape index (κ2) is 39.0. The average Bonchev–Trinajstić information content (AvgIpc) is 3.38. The van der Waals surface area contributed by atoms with Crippen LogP contribution in [0.1, 0.15) is 83.8 Å². The number of rotatable bonds is 47. The van der Waals surface area contributed by atoms with Crippen LogP contribution >= 0.6 is 0 Å². The molecule has 0 amide bonds. The topological polar surface area (TPSA) is 218 Å². The van der Waals surface area contributed by atoms with Crippen molar-refractivity contribution in [3.05, 3.63) is 53.6 Å². The SMILES string of the molecule is CCCCCc1cc2c(CCCCCN(C)CCOCCOCCOCCOCCOCCOCCOCCOCCOCCOCCC(=O)OC(C)(C)C)cc(-c3cccc(S(=O)(=O)N4CC(CO)C4)c3)cc2nc1N. The number of nitrogens with zero attached hydrogens (tertiary/aromatic N) is 3. The summed E-state index contributed by atoms with van der Waals surface area (Å²) < 4.78 is 89.1. The summed E-state index contributed by atoms with van der Waals surface area (Å²) in [6.07, 6.45) is 8.45. The van der Waals surface area contributed by atoms with E-state index in [0.717, 1.165) is 92.0 Å². The van der Waals surface area contributed by atoms with Crippen molar-refractivity contribution in [3.63, 3.8) is 0 Å². The Morgan fingerprint density at radius 2 is 1.13 bits per heavy atom. The molecule has 438 valence electrons. The number of aryl methyl sites for hydroxylation is 2. The van der Waals surface area contributed by atoms with Crippen molar-refractivity contribution >= 4 is 32.7 Å². The minimum absolute atomic E-state index is 0.0118. The molecule has 0 bridgehead atoms. The van der Waals surface area contributed by atoms with Crippen LogP contribution in [0.25, 0.3) is 22.0 Å². The van der Waals surface area contributed by atoms with Gasteiger partial charge in [-0.15, -0.1) is 0 Å². The number of sulfonamides is 1. The van der Waals surface area contributed by atoms with Gasteiger partial charge in [-0.05, 0) is 113 Å². The molecule has 0 unspecified atom stereocenters. The number of benzene rings is 2. The summed E-state index contributed by atoms with van der Waals surface area (Å²) in [6, 6.07) is 13.6. The van der Waals surface area contributed by atoms with Crippen molar-refractivity contribution < 1.29 is 70.4 Å². The number of ether oxygens (including phenoxy) is 11. The van der Waals surface area contributed by atoms with Gasteiger partial charge in [-0.25, -0.2) is 13.4 Å². The number of hydrogen-bond acceptors (Lipinski definition) is 18. The summed E-state index contributed by atoms with van der Waals surface area (Å²) in [5.74, 6) is 0.273.